The molecule has 0 fully saturated rings. The maximum atomic E-state index is 13.2. The molecule has 0 radical (unpaired) electrons. The van der Waals surface area contributed by atoms with Crippen LogP contribution in [0.25, 0.3) is 10.8 Å². The zero-order valence-corrected chi connectivity index (χ0v) is 29.9. The smallest absolute Gasteiger partial charge is 0.317 e. The minimum absolute atomic E-state index is 0.0703. The number of nitrogens with one attached hydrogen (secondary N) is 1. The first-order chi connectivity index (χ1) is 22.5. The number of hydrogen-bond donors (Lipinski definition) is 1. The summed E-state index contributed by atoms with van der Waals surface area (Å²) >= 11 is 0. The number of urea groups is 1. The molecular weight excluding hydrogens is 592 g/mol. The van der Waals surface area contributed by atoms with E-state index in [1.807, 2.05) is 55.1 Å². The van der Waals surface area contributed by atoms with Crippen molar-refractivity contribution in [3.8, 4) is 0 Å². The van der Waals surface area contributed by atoms with Crippen LogP contribution in [-0.2, 0) is 4.79 Å². The molecule has 0 saturated carbocycles. The monoisotopic (exact) mass is 651 g/mol. The van der Waals surface area contributed by atoms with Gasteiger partial charge in [0.25, 0.3) is 11.8 Å². The van der Waals surface area contributed by atoms with Crippen LogP contribution in [0.15, 0.2) is 36.4 Å². The number of quaternary nitrogens is 1. The van der Waals surface area contributed by atoms with Gasteiger partial charge >= 0.3 is 6.03 Å². The van der Waals surface area contributed by atoms with Crippen LogP contribution in [0.5, 0.6) is 0 Å². The molecule has 5 amide bonds. The summed E-state index contributed by atoms with van der Waals surface area (Å²) < 4.78 is 0.860. The Balaban J connectivity index is 1.37. The summed E-state index contributed by atoms with van der Waals surface area (Å²) in [6.45, 7) is 13.5. The topological polar surface area (TPSA) is 93.3 Å². The highest BCUT2D eigenvalue weighted by Gasteiger charge is 2.32. The van der Waals surface area contributed by atoms with Crippen LogP contribution in [-0.4, -0.2) is 134 Å². The van der Waals surface area contributed by atoms with Crippen molar-refractivity contribution < 1.29 is 23.7 Å². The summed E-state index contributed by atoms with van der Waals surface area (Å²) in [5.74, 6) is -0.282. The van der Waals surface area contributed by atoms with Gasteiger partial charge in [0.1, 0.15) is 0 Å². The lowest BCUT2D eigenvalue weighted by atomic mass is 9.94. The molecule has 10 nitrogen and oxygen atoms in total. The van der Waals surface area contributed by atoms with Crippen molar-refractivity contribution in [2.24, 2.45) is 0 Å². The van der Waals surface area contributed by atoms with Gasteiger partial charge in [-0.05, 0) is 63.2 Å². The van der Waals surface area contributed by atoms with Gasteiger partial charge in [-0.2, -0.15) is 0 Å². The predicted molar refractivity (Wildman–Crippen MR) is 190 cm³/mol. The summed E-state index contributed by atoms with van der Waals surface area (Å²) in [7, 11) is 6.26. The molecule has 0 spiro atoms. The standard InChI is InChI=1S/C37H58N6O4/c1-7-21-40(25-27-41(37(47)38-9-3)26-24-39(4)33(44)8-2)22-12-10-11-13-28-43(5,6)29-16-23-42-35(45)31-19-14-17-30-18-15-20-32(34(30)31)36(42)46/h14-15,17-20H,7-13,16,21-29H2,1-6H3/p+1. The average molecular weight is 652 g/mol. The molecule has 0 unspecified atom stereocenters. The van der Waals surface area contributed by atoms with Gasteiger partial charge < -0.3 is 24.5 Å². The molecule has 10 heteroatoms. The Morgan fingerprint density at radius 3 is 2.00 bits per heavy atom. The second-order valence-corrected chi connectivity index (χ2v) is 13.5. The van der Waals surface area contributed by atoms with Gasteiger partial charge in [-0.25, -0.2) is 4.79 Å². The van der Waals surface area contributed by atoms with Gasteiger partial charge in [0.2, 0.25) is 5.91 Å². The number of benzene rings is 2. The third-order valence-electron chi connectivity index (χ3n) is 9.26. The summed E-state index contributed by atoms with van der Waals surface area (Å²) in [6, 6.07) is 11.3. The number of rotatable bonds is 21. The molecule has 2 aromatic rings. The molecule has 0 saturated heterocycles. The molecule has 0 aromatic heterocycles. The summed E-state index contributed by atoms with van der Waals surface area (Å²) in [4.78, 5) is 58.5. The van der Waals surface area contributed by atoms with E-state index in [4.69, 9.17) is 0 Å². The van der Waals surface area contributed by atoms with Gasteiger partial charge in [-0.3, -0.25) is 19.3 Å². The first-order valence-corrected chi connectivity index (χ1v) is 17.7. The van der Waals surface area contributed by atoms with Crippen molar-refractivity contribution in [1.82, 2.24) is 24.9 Å². The number of amides is 5. The Hall–Kier alpha value is -3.50. The fourth-order valence-electron chi connectivity index (χ4n) is 6.44. The van der Waals surface area contributed by atoms with Gasteiger partial charge in [-0.1, -0.05) is 44.5 Å². The highest BCUT2D eigenvalue weighted by Crippen LogP contribution is 2.30. The van der Waals surface area contributed by atoms with E-state index in [9.17, 15) is 19.2 Å². The molecular formula is C37H59N6O4+. The maximum absolute atomic E-state index is 13.2. The molecule has 2 aromatic carbocycles. The van der Waals surface area contributed by atoms with Crippen molar-refractivity contribution in [2.45, 2.75) is 65.7 Å². The van der Waals surface area contributed by atoms with E-state index in [0.29, 0.717) is 50.3 Å². The molecule has 260 valence electrons. The van der Waals surface area contributed by atoms with E-state index in [1.165, 1.54) is 4.90 Å². The first-order valence-electron chi connectivity index (χ1n) is 17.7. The number of unbranched alkanes of at least 4 members (excludes halogenated alkanes) is 3. The quantitative estimate of drug-likeness (QED) is 0.116. The molecule has 1 aliphatic heterocycles. The van der Waals surface area contributed by atoms with Crippen LogP contribution in [0.3, 0.4) is 0 Å². The van der Waals surface area contributed by atoms with Crippen LogP contribution in [0.1, 0.15) is 86.4 Å². The molecule has 0 aliphatic carbocycles. The van der Waals surface area contributed by atoms with E-state index in [2.05, 4.69) is 31.2 Å². The zero-order valence-electron chi connectivity index (χ0n) is 29.9. The molecule has 47 heavy (non-hydrogen) atoms. The maximum Gasteiger partial charge on any atom is 0.317 e. The predicted octanol–water partition coefficient (Wildman–Crippen LogP) is 5.07. The second kappa shape index (κ2) is 18.7. The number of carbonyl (C=O) groups excluding carboxylic acids is 4. The molecule has 3 rings (SSSR count). The molecule has 0 atom stereocenters. The van der Waals surface area contributed by atoms with Crippen molar-refractivity contribution in [3.63, 3.8) is 0 Å². The highest BCUT2D eigenvalue weighted by atomic mass is 16.2. The van der Waals surface area contributed by atoms with Crippen molar-refractivity contribution >= 4 is 34.5 Å². The lowest BCUT2D eigenvalue weighted by Gasteiger charge is -2.32. The minimum atomic E-state index is -0.185. The lowest BCUT2D eigenvalue weighted by molar-refractivity contribution is -0.890. The number of carbonyl (C=O) groups is 4. The van der Waals surface area contributed by atoms with Crippen molar-refractivity contribution in [2.75, 3.05) is 86.6 Å². The molecule has 1 heterocycles. The molecule has 0 bridgehead atoms. The summed E-state index contributed by atoms with van der Waals surface area (Å²) in [5.41, 5.74) is 1.24. The molecule has 1 N–H and O–H groups in total. The van der Waals surface area contributed by atoms with E-state index < -0.39 is 0 Å². The number of imide groups is 1. The zero-order chi connectivity index (χ0) is 34.4. The highest BCUT2D eigenvalue weighted by molar-refractivity contribution is 6.25. The number of likely N-dealkylation sites (N-methyl/N-ethyl adjacent to an activating group) is 1. The number of hydrogen-bond acceptors (Lipinski definition) is 5. The van der Waals surface area contributed by atoms with E-state index >= 15 is 0 Å². The van der Waals surface area contributed by atoms with Gasteiger partial charge in [0.05, 0.1) is 27.2 Å². The van der Waals surface area contributed by atoms with E-state index in [1.54, 1.807) is 11.9 Å². The van der Waals surface area contributed by atoms with Crippen molar-refractivity contribution in [3.05, 3.63) is 47.5 Å². The average Bonchev–Trinajstić information content (AvgIpc) is 3.05. The van der Waals surface area contributed by atoms with Crippen LogP contribution in [0.4, 0.5) is 4.79 Å². The van der Waals surface area contributed by atoms with Gasteiger partial charge in [-0.15, -0.1) is 0 Å². The van der Waals surface area contributed by atoms with Crippen LogP contribution >= 0.6 is 0 Å². The lowest BCUT2D eigenvalue weighted by Crippen LogP contribution is -2.47. The van der Waals surface area contributed by atoms with Gasteiger partial charge in [0.15, 0.2) is 0 Å². The summed E-state index contributed by atoms with van der Waals surface area (Å²) in [6.07, 6.45) is 6.88. The Kier molecular flexibility index (Phi) is 15.1. The Morgan fingerprint density at radius 1 is 0.766 bits per heavy atom. The first kappa shape index (κ1) is 38.0. The van der Waals surface area contributed by atoms with Crippen LogP contribution in [0.2, 0.25) is 0 Å². The third kappa shape index (κ3) is 11.0. The van der Waals surface area contributed by atoms with E-state index in [-0.39, 0.29) is 23.8 Å². The van der Waals surface area contributed by atoms with E-state index in [0.717, 1.165) is 86.5 Å². The Bertz CT molecular complexity index is 1290. The van der Waals surface area contributed by atoms with Gasteiger partial charge in [0, 0.05) is 75.7 Å². The fraction of sp³-hybridized carbons (Fsp3) is 0.622. The van der Waals surface area contributed by atoms with Crippen LogP contribution < -0.4 is 5.32 Å². The normalized spacial score (nSPS) is 13.0. The number of nitrogens with zero attached hydrogens (tertiary/aromatic N) is 5. The Morgan fingerprint density at radius 2 is 1.38 bits per heavy atom. The second-order valence-electron chi connectivity index (χ2n) is 13.5. The Labute approximate surface area is 282 Å². The fourth-order valence-corrected chi connectivity index (χ4v) is 6.44. The largest absolute Gasteiger partial charge is 0.344 e. The van der Waals surface area contributed by atoms with Crippen molar-refractivity contribution in [1.29, 1.82) is 0 Å². The SMILES string of the molecule is CCCN(CCCCCC[N+](C)(C)CCCN1C(=O)c2cccc3cccc(c23)C1=O)CCN(CCN(C)C(=O)CC)C(=O)NCC. The minimum Gasteiger partial charge on any atom is -0.344 e. The summed E-state index contributed by atoms with van der Waals surface area (Å²) in [5, 5.41) is 4.63. The molecule has 1 aliphatic rings. The third-order valence-corrected chi connectivity index (χ3v) is 9.26. The van der Waals surface area contributed by atoms with Crippen LogP contribution in [0, 0.1) is 0 Å².